The van der Waals surface area contributed by atoms with E-state index in [4.69, 9.17) is 4.74 Å². The molecule has 0 spiro atoms. The van der Waals surface area contributed by atoms with Crippen LogP contribution in [0.2, 0.25) is 0 Å². The molecule has 0 amide bonds. The fourth-order valence-electron chi connectivity index (χ4n) is 1.66. The van der Waals surface area contributed by atoms with Crippen molar-refractivity contribution in [2.75, 3.05) is 6.61 Å². The molecule has 0 bridgehead atoms. The van der Waals surface area contributed by atoms with Gasteiger partial charge in [-0.1, -0.05) is 66.7 Å². The molecule has 0 heterocycles. The Kier molecular flexibility index (Phi) is 5.35. The SMILES string of the molecule is O=C(C=Cc1ccccc1)OC/C=C\c1ccccc1. The second-order valence-electron chi connectivity index (χ2n) is 4.19. The summed E-state index contributed by atoms with van der Waals surface area (Å²) in [5.74, 6) is -0.341. The molecular weight excluding hydrogens is 248 g/mol. The van der Waals surface area contributed by atoms with Crippen molar-refractivity contribution in [3.8, 4) is 0 Å². The summed E-state index contributed by atoms with van der Waals surface area (Å²) >= 11 is 0. The first-order chi connectivity index (χ1) is 9.84. The highest BCUT2D eigenvalue weighted by atomic mass is 16.5. The molecule has 0 atom stereocenters. The van der Waals surface area contributed by atoms with E-state index in [1.54, 1.807) is 6.08 Å². The Morgan fingerprint density at radius 1 is 0.850 bits per heavy atom. The third-order valence-corrected chi connectivity index (χ3v) is 2.64. The van der Waals surface area contributed by atoms with Crippen molar-refractivity contribution >= 4 is 18.1 Å². The van der Waals surface area contributed by atoms with Gasteiger partial charge in [-0.05, 0) is 23.3 Å². The van der Waals surface area contributed by atoms with E-state index in [-0.39, 0.29) is 12.6 Å². The molecule has 0 aliphatic heterocycles. The Balaban J connectivity index is 1.76. The standard InChI is InChI=1S/C18H16O2/c19-18(14-13-17-10-5-2-6-11-17)20-15-7-12-16-8-3-1-4-9-16/h1-14H,15H2/b12-7-,14-13?. The molecule has 0 aliphatic rings. The number of hydrogen-bond acceptors (Lipinski definition) is 2. The van der Waals surface area contributed by atoms with E-state index >= 15 is 0 Å². The Hall–Kier alpha value is -2.61. The van der Waals surface area contributed by atoms with Crippen LogP contribution in [0, 0.1) is 0 Å². The minimum absolute atomic E-state index is 0.271. The highest BCUT2D eigenvalue weighted by molar-refractivity contribution is 5.87. The van der Waals surface area contributed by atoms with Crippen LogP contribution in [0.1, 0.15) is 11.1 Å². The third-order valence-electron chi connectivity index (χ3n) is 2.64. The summed E-state index contributed by atoms with van der Waals surface area (Å²) < 4.78 is 5.07. The summed E-state index contributed by atoms with van der Waals surface area (Å²) in [5, 5.41) is 0. The van der Waals surface area contributed by atoms with Gasteiger partial charge in [0, 0.05) is 6.08 Å². The lowest BCUT2D eigenvalue weighted by Gasteiger charge is -1.97. The quantitative estimate of drug-likeness (QED) is 0.603. The maximum Gasteiger partial charge on any atom is 0.331 e. The van der Waals surface area contributed by atoms with Gasteiger partial charge in [0.15, 0.2) is 0 Å². The number of carbonyl (C=O) groups excluding carboxylic acids is 1. The van der Waals surface area contributed by atoms with Crippen molar-refractivity contribution in [3.05, 3.63) is 83.9 Å². The molecule has 100 valence electrons. The zero-order valence-electron chi connectivity index (χ0n) is 11.1. The van der Waals surface area contributed by atoms with Crippen LogP contribution in [0.5, 0.6) is 0 Å². The molecule has 20 heavy (non-hydrogen) atoms. The molecule has 2 aromatic carbocycles. The van der Waals surface area contributed by atoms with Crippen LogP contribution < -0.4 is 0 Å². The smallest absolute Gasteiger partial charge is 0.331 e. The van der Waals surface area contributed by atoms with E-state index in [0.29, 0.717) is 0 Å². The first-order valence-corrected chi connectivity index (χ1v) is 6.46. The topological polar surface area (TPSA) is 26.3 Å². The van der Waals surface area contributed by atoms with E-state index in [1.807, 2.05) is 72.8 Å². The fourth-order valence-corrected chi connectivity index (χ4v) is 1.66. The summed E-state index contributed by atoms with van der Waals surface area (Å²) in [6.07, 6.45) is 6.92. The normalized spacial score (nSPS) is 11.0. The van der Waals surface area contributed by atoms with Gasteiger partial charge in [-0.15, -0.1) is 0 Å². The monoisotopic (exact) mass is 264 g/mol. The maximum atomic E-state index is 11.5. The van der Waals surface area contributed by atoms with Crippen LogP contribution in [0.25, 0.3) is 12.2 Å². The van der Waals surface area contributed by atoms with Crippen LogP contribution in [0.15, 0.2) is 72.8 Å². The predicted octanol–water partition coefficient (Wildman–Crippen LogP) is 3.96. The van der Waals surface area contributed by atoms with Crippen molar-refractivity contribution in [1.29, 1.82) is 0 Å². The predicted molar refractivity (Wildman–Crippen MR) is 81.9 cm³/mol. The van der Waals surface area contributed by atoms with Gasteiger partial charge in [-0.2, -0.15) is 0 Å². The molecule has 2 nitrogen and oxygen atoms in total. The number of hydrogen-bond donors (Lipinski definition) is 0. The van der Waals surface area contributed by atoms with Crippen LogP contribution >= 0.6 is 0 Å². The van der Waals surface area contributed by atoms with Gasteiger partial charge >= 0.3 is 5.97 Å². The average molecular weight is 264 g/mol. The molecule has 0 radical (unpaired) electrons. The van der Waals surface area contributed by atoms with Gasteiger partial charge in [0.1, 0.15) is 6.61 Å². The Bertz CT molecular complexity index is 583. The van der Waals surface area contributed by atoms with Crippen LogP contribution in [0.3, 0.4) is 0 Å². The Labute approximate surface area is 119 Å². The molecule has 0 saturated heterocycles. The van der Waals surface area contributed by atoms with Crippen molar-refractivity contribution < 1.29 is 9.53 Å². The largest absolute Gasteiger partial charge is 0.458 e. The minimum atomic E-state index is -0.341. The van der Waals surface area contributed by atoms with E-state index in [2.05, 4.69) is 0 Å². The second kappa shape index (κ2) is 7.74. The van der Waals surface area contributed by atoms with E-state index in [1.165, 1.54) is 6.08 Å². The second-order valence-corrected chi connectivity index (χ2v) is 4.19. The van der Waals surface area contributed by atoms with Gasteiger partial charge in [-0.3, -0.25) is 0 Å². The van der Waals surface area contributed by atoms with Crippen molar-refractivity contribution in [3.63, 3.8) is 0 Å². The Morgan fingerprint density at radius 2 is 1.40 bits per heavy atom. The molecule has 0 aromatic heterocycles. The van der Waals surface area contributed by atoms with Crippen molar-refractivity contribution in [2.24, 2.45) is 0 Å². The van der Waals surface area contributed by atoms with Crippen LogP contribution in [-0.4, -0.2) is 12.6 Å². The number of esters is 1. The number of carbonyl (C=O) groups is 1. The zero-order valence-corrected chi connectivity index (χ0v) is 11.1. The summed E-state index contributed by atoms with van der Waals surface area (Å²) in [4.78, 5) is 11.5. The van der Waals surface area contributed by atoms with Gasteiger partial charge in [0.05, 0.1) is 0 Å². The van der Waals surface area contributed by atoms with Gasteiger partial charge in [-0.25, -0.2) is 4.79 Å². The lowest BCUT2D eigenvalue weighted by atomic mass is 10.2. The molecule has 0 fully saturated rings. The molecule has 2 heteroatoms. The average Bonchev–Trinajstić information content (AvgIpc) is 2.52. The van der Waals surface area contributed by atoms with Gasteiger partial charge < -0.3 is 4.74 Å². The van der Waals surface area contributed by atoms with Crippen LogP contribution in [-0.2, 0) is 9.53 Å². The molecule has 0 unspecified atom stereocenters. The highest BCUT2D eigenvalue weighted by Gasteiger charge is 1.94. The summed E-state index contributed by atoms with van der Waals surface area (Å²) in [5.41, 5.74) is 2.06. The van der Waals surface area contributed by atoms with Crippen LogP contribution in [0.4, 0.5) is 0 Å². The lowest BCUT2D eigenvalue weighted by Crippen LogP contribution is -1.99. The molecule has 0 N–H and O–H groups in total. The fraction of sp³-hybridized carbons (Fsp3) is 0.0556. The molecule has 2 aromatic rings. The zero-order chi connectivity index (χ0) is 14.0. The number of benzene rings is 2. The molecular formula is C18H16O2. The van der Waals surface area contributed by atoms with E-state index in [9.17, 15) is 4.79 Å². The lowest BCUT2D eigenvalue weighted by molar-refractivity contribution is -0.136. The summed E-state index contributed by atoms with van der Waals surface area (Å²) in [6.45, 7) is 0.271. The minimum Gasteiger partial charge on any atom is -0.458 e. The summed E-state index contributed by atoms with van der Waals surface area (Å²) in [7, 11) is 0. The van der Waals surface area contributed by atoms with Crippen molar-refractivity contribution in [2.45, 2.75) is 0 Å². The van der Waals surface area contributed by atoms with Gasteiger partial charge in [0.2, 0.25) is 0 Å². The van der Waals surface area contributed by atoms with Gasteiger partial charge in [0.25, 0.3) is 0 Å². The van der Waals surface area contributed by atoms with E-state index in [0.717, 1.165) is 11.1 Å². The summed E-state index contributed by atoms with van der Waals surface area (Å²) in [6, 6.07) is 19.5. The first-order valence-electron chi connectivity index (χ1n) is 6.46. The van der Waals surface area contributed by atoms with E-state index < -0.39 is 0 Å². The third kappa shape index (κ3) is 4.94. The van der Waals surface area contributed by atoms with Crippen molar-refractivity contribution in [1.82, 2.24) is 0 Å². The number of ether oxygens (including phenoxy) is 1. The highest BCUT2D eigenvalue weighted by Crippen LogP contribution is 2.02. The Morgan fingerprint density at radius 3 is 2.00 bits per heavy atom. The maximum absolute atomic E-state index is 11.5. The first kappa shape index (κ1) is 13.8. The molecule has 2 rings (SSSR count). The molecule has 0 aliphatic carbocycles. The molecule has 0 saturated carbocycles. The number of rotatable bonds is 5.